The van der Waals surface area contributed by atoms with E-state index in [4.69, 9.17) is 10.8 Å². The van der Waals surface area contributed by atoms with Crippen molar-refractivity contribution in [3.05, 3.63) is 23.8 Å². The van der Waals surface area contributed by atoms with Gasteiger partial charge >= 0.3 is 6.09 Å². The van der Waals surface area contributed by atoms with Gasteiger partial charge in [0, 0.05) is 6.07 Å². The summed E-state index contributed by atoms with van der Waals surface area (Å²) in [4.78, 5) is 10.1. The number of rotatable bonds is 1. The molecule has 6 heteroatoms. The predicted octanol–water partition coefficient (Wildman–Crippen LogP) is 1.64. The van der Waals surface area contributed by atoms with Crippen molar-refractivity contribution in [2.45, 2.75) is 0 Å². The number of hydrogen-bond acceptors (Lipinski definition) is 2. The second-order valence-corrected chi connectivity index (χ2v) is 2.28. The van der Waals surface area contributed by atoms with E-state index in [1.165, 1.54) is 0 Å². The van der Waals surface area contributed by atoms with Gasteiger partial charge < -0.3 is 10.8 Å². The zero-order valence-corrected chi connectivity index (χ0v) is 6.34. The van der Waals surface area contributed by atoms with Crippen molar-refractivity contribution >= 4 is 17.5 Å². The van der Waals surface area contributed by atoms with E-state index in [2.05, 4.69) is 0 Å². The van der Waals surface area contributed by atoms with Gasteiger partial charge in [-0.3, -0.25) is 5.32 Å². The Hall–Kier alpha value is -1.85. The van der Waals surface area contributed by atoms with Gasteiger partial charge in [0.05, 0.1) is 11.4 Å². The lowest BCUT2D eigenvalue weighted by atomic mass is 10.2. The van der Waals surface area contributed by atoms with Crippen molar-refractivity contribution in [2.24, 2.45) is 0 Å². The van der Waals surface area contributed by atoms with Gasteiger partial charge in [0.15, 0.2) is 5.82 Å². The van der Waals surface area contributed by atoms with Gasteiger partial charge in [-0.05, 0) is 6.07 Å². The number of carbonyl (C=O) groups is 1. The van der Waals surface area contributed by atoms with Crippen LogP contribution >= 0.6 is 0 Å². The molecule has 0 spiro atoms. The molecule has 1 aromatic rings. The molecule has 70 valence electrons. The first-order valence-electron chi connectivity index (χ1n) is 3.25. The minimum absolute atomic E-state index is 0.301. The van der Waals surface area contributed by atoms with E-state index in [1.807, 2.05) is 0 Å². The molecule has 0 saturated carbocycles. The maximum Gasteiger partial charge on any atom is 0.409 e. The number of anilines is 2. The number of carboxylic acid groups (broad SMARTS) is 1. The second kappa shape index (κ2) is 3.26. The molecular weight excluding hydrogens is 182 g/mol. The molecule has 0 bridgehead atoms. The highest BCUT2D eigenvalue weighted by Gasteiger charge is 2.09. The van der Waals surface area contributed by atoms with Crippen LogP contribution in [0.15, 0.2) is 12.1 Å². The van der Waals surface area contributed by atoms with Crippen molar-refractivity contribution < 1.29 is 18.7 Å². The molecule has 4 nitrogen and oxygen atoms in total. The predicted molar refractivity (Wildman–Crippen MR) is 42.4 cm³/mol. The number of benzene rings is 1. The Morgan fingerprint density at radius 1 is 1.46 bits per heavy atom. The summed E-state index contributed by atoms with van der Waals surface area (Å²) in [5.41, 5.74) is 4.40. The third-order valence-corrected chi connectivity index (χ3v) is 1.34. The van der Waals surface area contributed by atoms with E-state index in [-0.39, 0.29) is 5.69 Å². The Kier molecular flexibility index (Phi) is 2.32. The van der Waals surface area contributed by atoms with Crippen LogP contribution in [0.25, 0.3) is 0 Å². The summed E-state index contributed by atoms with van der Waals surface area (Å²) in [7, 11) is 0. The number of amides is 1. The van der Waals surface area contributed by atoms with E-state index in [1.54, 1.807) is 5.32 Å². The van der Waals surface area contributed by atoms with E-state index < -0.39 is 23.4 Å². The molecule has 0 fully saturated rings. The van der Waals surface area contributed by atoms with Crippen molar-refractivity contribution in [1.29, 1.82) is 0 Å². The number of halogens is 2. The van der Waals surface area contributed by atoms with Gasteiger partial charge in [0.25, 0.3) is 0 Å². The van der Waals surface area contributed by atoms with Crippen LogP contribution in [0, 0.1) is 11.6 Å². The molecule has 0 aliphatic carbocycles. The fraction of sp³-hybridized carbons (Fsp3) is 0. The zero-order valence-electron chi connectivity index (χ0n) is 6.34. The molecule has 0 unspecified atom stereocenters. The summed E-state index contributed by atoms with van der Waals surface area (Å²) in [6.07, 6.45) is -1.43. The van der Waals surface area contributed by atoms with Gasteiger partial charge in [-0.2, -0.15) is 0 Å². The number of nitrogens with two attached hydrogens (primary N) is 1. The maximum atomic E-state index is 12.7. The Morgan fingerprint density at radius 2 is 2.08 bits per heavy atom. The lowest BCUT2D eigenvalue weighted by molar-refractivity contribution is 0.210. The third kappa shape index (κ3) is 2.05. The molecule has 0 heterocycles. The third-order valence-electron chi connectivity index (χ3n) is 1.34. The summed E-state index contributed by atoms with van der Waals surface area (Å²) in [6, 6.07) is 1.37. The topological polar surface area (TPSA) is 75.3 Å². The van der Waals surface area contributed by atoms with E-state index in [0.29, 0.717) is 6.07 Å². The van der Waals surface area contributed by atoms with Crippen molar-refractivity contribution in [1.82, 2.24) is 0 Å². The monoisotopic (exact) mass is 188 g/mol. The average Bonchev–Trinajstić information content (AvgIpc) is 1.98. The summed E-state index contributed by atoms with van der Waals surface area (Å²) >= 11 is 0. The highest BCUT2D eigenvalue weighted by molar-refractivity contribution is 5.87. The molecule has 1 amide bonds. The Balaban J connectivity index is 3.12. The standard InChI is InChI=1S/C7H6F2N2O2/c8-3-1-4(9)6(10)5(2-3)11-7(12)13/h1-2,11H,10H2,(H,12,13). The van der Waals surface area contributed by atoms with Gasteiger partial charge in [-0.25, -0.2) is 13.6 Å². The largest absolute Gasteiger partial charge is 0.465 e. The van der Waals surface area contributed by atoms with E-state index in [0.717, 1.165) is 6.07 Å². The molecule has 0 aliphatic rings. The smallest absolute Gasteiger partial charge is 0.409 e. The highest BCUT2D eigenvalue weighted by Crippen LogP contribution is 2.22. The van der Waals surface area contributed by atoms with Crippen LogP contribution in [0.1, 0.15) is 0 Å². The molecule has 1 aromatic carbocycles. The van der Waals surface area contributed by atoms with Crippen LogP contribution in [0.4, 0.5) is 25.0 Å². The second-order valence-electron chi connectivity index (χ2n) is 2.28. The number of nitrogen functional groups attached to an aromatic ring is 1. The van der Waals surface area contributed by atoms with Gasteiger partial charge in [0.1, 0.15) is 5.82 Å². The van der Waals surface area contributed by atoms with E-state index in [9.17, 15) is 13.6 Å². The van der Waals surface area contributed by atoms with Crippen LogP contribution in [-0.2, 0) is 0 Å². The molecule has 0 aromatic heterocycles. The van der Waals surface area contributed by atoms with Gasteiger partial charge in [-0.15, -0.1) is 0 Å². The first kappa shape index (κ1) is 9.24. The summed E-state index contributed by atoms with van der Waals surface area (Å²) in [5, 5.41) is 10.0. The molecule has 1 rings (SSSR count). The van der Waals surface area contributed by atoms with Crippen LogP contribution in [-0.4, -0.2) is 11.2 Å². The molecule has 0 atom stereocenters. The molecule has 0 aliphatic heterocycles. The lowest BCUT2D eigenvalue weighted by Gasteiger charge is -2.05. The van der Waals surface area contributed by atoms with Crippen LogP contribution in [0.2, 0.25) is 0 Å². The molecule has 0 saturated heterocycles. The highest BCUT2D eigenvalue weighted by atomic mass is 19.1. The number of hydrogen-bond donors (Lipinski definition) is 3. The quantitative estimate of drug-likeness (QED) is 0.586. The van der Waals surface area contributed by atoms with Gasteiger partial charge in [0.2, 0.25) is 0 Å². The van der Waals surface area contributed by atoms with E-state index >= 15 is 0 Å². The Morgan fingerprint density at radius 3 is 2.62 bits per heavy atom. The molecular formula is C7H6F2N2O2. The Bertz CT molecular complexity index is 355. The molecule has 4 N–H and O–H groups in total. The fourth-order valence-electron chi connectivity index (χ4n) is 0.803. The SMILES string of the molecule is Nc1c(F)cc(F)cc1NC(=O)O. The van der Waals surface area contributed by atoms with Crippen LogP contribution in [0.5, 0.6) is 0 Å². The van der Waals surface area contributed by atoms with Crippen molar-refractivity contribution in [3.8, 4) is 0 Å². The maximum absolute atomic E-state index is 12.7. The summed E-state index contributed by atoms with van der Waals surface area (Å²) in [5.74, 6) is -1.89. The van der Waals surface area contributed by atoms with Crippen molar-refractivity contribution in [2.75, 3.05) is 11.1 Å². The Labute approximate surface area is 72.0 Å². The normalized spacial score (nSPS) is 9.69. The fourth-order valence-corrected chi connectivity index (χ4v) is 0.803. The van der Waals surface area contributed by atoms with Crippen molar-refractivity contribution in [3.63, 3.8) is 0 Å². The molecule has 0 radical (unpaired) electrons. The first-order valence-corrected chi connectivity index (χ1v) is 3.25. The number of nitrogens with one attached hydrogen (secondary N) is 1. The summed E-state index contributed by atoms with van der Waals surface area (Å²) in [6.45, 7) is 0. The average molecular weight is 188 g/mol. The zero-order chi connectivity index (χ0) is 10.0. The minimum atomic E-state index is -1.43. The van der Waals surface area contributed by atoms with Crippen LogP contribution < -0.4 is 11.1 Å². The van der Waals surface area contributed by atoms with Crippen LogP contribution in [0.3, 0.4) is 0 Å². The first-order chi connectivity index (χ1) is 6.00. The molecule has 13 heavy (non-hydrogen) atoms. The summed E-state index contributed by atoms with van der Waals surface area (Å²) < 4.78 is 25.2. The minimum Gasteiger partial charge on any atom is -0.465 e. The lowest BCUT2D eigenvalue weighted by Crippen LogP contribution is -2.10. The van der Waals surface area contributed by atoms with Gasteiger partial charge in [-0.1, -0.05) is 0 Å².